The highest BCUT2D eigenvalue weighted by Gasteiger charge is 2.13. The maximum Gasteiger partial charge on any atom is 0.357 e. The van der Waals surface area contributed by atoms with Crippen LogP contribution in [0.4, 0.5) is 0 Å². The van der Waals surface area contributed by atoms with Crippen LogP contribution in [0.25, 0.3) is 11.3 Å². The lowest BCUT2D eigenvalue weighted by Crippen LogP contribution is -1.96. The van der Waals surface area contributed by atoms with E-state index in [-0.39, 0.29) is 18.0 Å². The lowest BCUT2D eigenvalue weighted by atomic mass is 10.2. The molecule has 0 bridgehead atoms. The van der Waals surface area contributed by atoms with Gasteiger partial charge >= 0.3 is 5.97 Å². The van der Waals surface area contributed by atoms with Crippen LogP contribution in [0.2, 0.25) is 0 Å². The first-order valence-electron chi connectivity index (χ1n) is 5.76. The third kappa shape index (κ3) is 2.41. The van der Waals surface area contributed by atoms with Crippen LogP contribution >= 0.6 is 0 Å². The Labute approximate surface area is 112 Å². The van der Waals surface area contributed by atoms with E-state index in [2.05, 4.69) is 15.1 Å². The number of hydrogen-bond acceptors (Lipinski definition) is 6. The van der Waals surface area contributed by atoms with Gasteiger partial charge in [-0.05, 0) is 12.1 Å². The summed E-state index contributed by atoms with van der Waals surface area (Å²) >= 11 is 0. The molecule has 0 aliphatic heterocycles. The van der Waals surface area contributed by atoms with Crippen molar-refractivity contribution in [1.29, 1.82) is 0 Å². The van der Waals surface area contributed by atoms with Gasteiger partial charge in [0.25, 0.3) is 0 Å². The van der Waals surface area contributed by atoms with Crippen molar-refractivity contribution in [2.75, 3.05) is 0 Å². The molecule has 3 heterocycles. The first kappa shape index (κ1) is 12.1. The summed E-state index contributed by atoms with van der Waals surface area (Å²) in [5.74, 6) is -0.340. The molecule has 0 aromatic carbocycles. The average Bonchev–Trinajstić information content (AvgIpc) is 3.10. The minimum Gasteiger partial charge on any atom is -0.476 e. The highest BCUT2D eigenvalue weighted by Crippen LogP contribution is 2.19. The van der Waals surface area contributed by atoms with Crippen LogP contribution in [-0.4, -0.2) is 26.2 Å². The SMILES string of the molecule is O=C(O)c1coc(Cc2cc(-c3cccnc3)no2)n1. The van der Waals surface area contributed by atoms with Crippen LogP contribution in [0.1, 0.15) is 22.1 Å². The quantitative estimate of drug-likeness (QED) is 0.774. The molecule has 0 spiro atoms. The summed E-state index contributed by atoms with van der Waals surface area (Å²) in [6, 6.07) is 5.40. The van der Waals surface area contributed by atoms with E-state index in [1.165, 1.54) is 0 Å². The highest BCUT2D eigenvalue weighted by atomic mass is 16.5. The fourth-order valence-corrected chi connectivity index (χ4v) is 1.69. The van der Waals surface area contributed by atoms with E-state index in [0.717, 1.165) is 11.8 Å². The molecule has 3 aromatic heterocycles. The molecule has 3 rings (SSSR count). The van der Waals surface area contributed by atoms with Crippen molar-refractivity contribution in [3.8, 4) is 11.3 Å². The number of carboxylic acid groups (broad SMARTS) is 1. The van der Waals surface area contributed by atoms with Gasteiger partial charge in [-0.2, -0.15) is 0 Å². The predicted octanol–water partition coefficient (Wildman–Crippen LogP) is 2.01. The maximum absolute atomic E-state index is 10.7. The molecule has 1 N–H and O–H groups in total. The topological polar surface area (TPSA) is 102 Å². The molecule has 0 aliphatic carbocycles. The Morgan fingerprint density at radius 2 is 2.30 bits per heavy atom. The molecule has 7 heteroatoms. The van der Waals surface area contributed by atoms with Gasteiger partial charge in [0.15, 0.2) is 5.69 Å². The molecule has 3 aromatic rings. The Kier molecular flexibility index (Phi) is 3.00. The second-order valence-corrected chi connectivity index (χ2v) is 4.03. The summed E-state index contributed by atoms with van der Waals surface area (Å²) < 4.78 is 10.2. The van der Waals surface area contributed by atoms with Gasteiger partial charge in [0, 0.05) is 24.0 Å². The zero-order valence-electron chi connectivity index (χ0n) is 10.2. The lowest BCUT2D eigenvalue weighted by Gasteiger charge is -1.90. The number of carboxylic acids is 1. The van der Waals surface area contributed by atoms with Crippen LogP contribution in [0.15, 0.2) is 45.8 Å². The Hall–Kier alpha value is -2.96. The summed E-state index contributed by atoms with van der Waals surface area (Å²) in [7, 11) is 0. The van der Waals surface area contributed by atoms with Gasteiger partial charge < -0.3 is 14.0 Å². The van der Waals surface area contributed by atoms with Crippen molar-refractivity contribution in [3.63, 3.8) is 0 Å². The number of aromatic carboxylic acids is 1. The smallest absolute Gasteiger partial charge is 0.357 e. The third-order valence-corrected chi connectivity index (χ3v) is 2.61. The summed E-state index contributed by atoms with van der Waals surface area (Å²) in [4.78, 5) is 18.5. The van der Waals surface area contributed by atoms with Gasteiger partial charge in [-0.15, -0.1) is 0 Å². The molecular weight excluding hydrogens is 262 g/mol. The third-order valence-electron chi connectivity index (χ3n) is 2.61. The zero-order valence-corrected chi connectivity index (χ0v) is 10.2. The van der Waals surface area contributed by atoms with Crippen LogP contribution in [0.3, 0.4) is 0 Å². The molecule has 20 heavy (non-hydrogen) atoms. The van der Waals surface area contributed by atoms with E-state index >= 15 is 0 Å². The number of nitrogens with zero attached hydrogens (tertiary/aromatic N) is 3. The molecule has 0 saturated heterocycles. The molecule has 0 radical (unpaired) electrons. The zero-order chi connectivity index (χ0) is 13.9. The Morgan fingerprint density at radius 1 is 1.40 bits per heavy atom. The van der Waals surface area contributed by atoms with Crippen molar-refractivity contribution in [2.24, 2.45) is 0 Å². The molecule has 0 unspecified atom stereocenters. The van der Waals surface area contributed by atoms with Crippen molar-refractivity contribution in [2.45, 2.75) is 6.42 Å². The van der Waals surface area contributed by atoms with Crippen LogP contribution in [-0.2, 0) is 6.42 Å². The lowest BCUT2D eigenvalue weighted by molar-refractivity contribution is 0.0690. The molecule has 0 aliphatic rings. The molecule has 7 nitrogen and oxygen atoms in total. The number of oxazole rings is 1. The van der Waals surface area contributed by atoms with Gasteiger partial charge in [-0.3, -0.25) is 4.98 Å². The van der Waals surface area contributed by atoms with E-state index in [4.69, 9.17) is 14.0 Å². The minimum atomic E-state index is -1.13. The molecular formula is C13H9N3O4. The van der Waals surface area contributed by atoms with Crippen LogP contribution in [0, 0.1) is 0 Å². The van der Waals surface area contributed by atoms with E-state index < -0.39 is 5.97 Å². The maximum atomic E-state index is 10.7. The van der Waals surface area contributed by atoms with Crippen molar-refractivity contribution in [3.05, 3.63) is 54.2 Å². The summed E-state index contributed by atoms with van der Waals surface area (Å²) in [6.07, 6.45) is 4.68. The van der Waals surface area contributed by atoms with E-state index in [9.17, 15) is 4.79 Å². The highest BCUT2D eigenvalue weighted by molar-refractivity contribution is 5.84. The number of rotatable bonds is 4. The Morgan fingerprint density at radius 3 is 3.00 bits per heavy atom. The first-order chi connectivity index (χ1) is 9.72. The average molecular weight is 271 g/mol. The summed E-state index contributed by atoms with van der Waals surface area (Å²) in [5, 5.41) is 12.7. The number of aromatic nitrogens is 3. The Balaban J connectivity index is 1.78. The molecule has 0 fully saturated rings. The molecule has 0 amide bonds. The fourth-order valence-electron chi connectivity index (χ4n) is 1.69. The van der Waals surface area contributed by atoms with Gasteiger partial charge in [-0.25, -0.2) is 9.78 Å². The Bertz CT molecular complexity index is 733. The molecule has 0 saturated carbocycles. The van der Waals surface area contributed by atoms with Crippen molar-refractivity contribution >= 4 is 5.97 Å². The van der Waals surface area contributed by atoms with Crippen LogP contribution in [0.5, 0.6) is 0 Å². The summed E-state index contributed by atoms with van der Waals surface area (Å²) in [6.45, 7) is 0. The monoisotopic (exact) mass is 271 g/mol. The van der Waals surface area contributed by atoms with Crippen molar-refractivity contribution in [1.82, 2.24) is 15.1 Å². The minimum absolute atomic E-state index is 0.132. The second kappa shape index (κ2) is 4.96. The van der Waals surface area contributed by atoms with Gasteiger partial charge in [0.1, 0.15) is 17.7 Å². The number of carbonyl (C=O) groups is 1. The summed E-state index contributed by atoms with van der Waals surface area (Å²) in [5.41, 5.74) is 1.35. The van der Waals surface area contributed by atoms with Gasteiger partial charge in [0.2, 0.25) is 5.89 Å². The van der Waals surface area contributed by atoms with E-state index in [0.29, 0.717) is 11.5 Å². The van der Waals surface area contributed by atoms with Gasteiger partial charge in [-0.1, -0.05) is 5.16 Å². The fraction of sp³-hybridized carbons (Fsp3) is 0.0769. The number of hydrogen-bond donors (Lipinski definition) is 1. The van der Waals surface area contributed by atoms with Crippen molar-refractivity contribution < 1.29 is 18.8 Å². The molecule has 100 valence electrons. The van der Waals surface area contributed by atoms with E-state index in [1.54, 1.807) is 24.5 Å². The van der Waals surface area contributed by atoms with E-state index in [1.807, 2.05) is 6.07 Å². The normalized spacial score (nSPS) is 10.6. The van der Waals surface area contributed by atoms with Crippen LogP contribution < -0.4 is 0 Å². The van der Waals surface area contributed by atoms with Gasteiger partial charge in [0.05, 0.1) is 6.42 Å². The number of pyridine rings is 1. The molecule has 0 atom stereocenters. The standard InChI is InChI=1S/C13H9N3O4/c17-13(18)11-7-19-12(15-11)5-9-4-10(16-20-9)8-2-1-3-14-6-8/h1-4,6-7H,5H2,(H,17,18). The second-order valence-electron chi connectivity index (χ2n) is 4.03. The predicted molar refractivity (Wildman–Crippen MR) is 66.0 cm³/mol. The largest absolute Gasteiger partial charge is 0.476 e. The first-order valence-corrected chi connectivity index (χ1v) is 5.76.